The number of nitrogens with zero attached hydrogens (tertiary/aromatic N) is 5. The second kappa shape index (κ2) is 11.0. The first-order chi connectivity index (χ1) is 22.2. The van der Waals surface area contributed by atoms with Gasteiger partial charge in [0.1, 0.15) is 11.5 Å². The third-order valence-electron chi connectivity index (χ3n) is 9.64. The fraction of sp³-hybridized carbons (Fsp3) is 0.412. The number of pyridine rings is 1. The van der Waals surface area contributed by atoms with Crippen LogP contribution in [0.15, 0.2) is 64.0 Å². The molecule has 0 saturated carbocycles. The monoisotopic (exact) mass is 642 g/mol. The van der Waals surface area contributed by atoms with Crippen LogP contribution in [0.25, 0.3) is 22.4 Å². The lowest BCUT2D eigenvalue weighted by atomic mass is 9.87. The van der Waals surface area contributed by atoms with Crippen molar-refractivity contribution in [1.29, 1.82) is 0 Å². The summed E-state index contributed by atoms with van der Waals surface area (Å²) in [5.74, 6) is 1.69. The van der Waals surface area contributed by atoms with Gasteiger partial charge in [-0.2, -0.15) is 0 Å². The van der Waals surface area contributed by atoms with Crippen LogP contribution >= 0.6 is 11.6 Å². The van der Waals surface area contributed by atoms with Crippen LogP contribution in [0.1, 0.15) is 62.7 Å². The Balaban J connectivity index is 1.04. The molecule has 12 heteroatoms. The van der Waals surface area contributed by atoms with E-state index in [2.05, 4.69) is 44.5 Å². The van der Waals surface area contributed by atoms with E-state index >= 15 is 0 Å². The van der Waals surface area contributed by atoms with Crippen LogP contribution in [0.5, 0.6) is 11.5 Å². The highest BCUT2D eigenvalue weighted by molar-refractivity contribution is 6.30. The van der Waals surface area contributed by atoms with Gasteiger partial charge in [0, 0.05) is 29.7 Å². The van der Waals surface area contributed by atoms with Crippen molar-refractivity contribution in [2.24, 2.45) is 5.41 Å². The minimum absolute atomic E-state index is 0.0701. The summed E-state index contributed by atoms with van der Waals surface area (Å²) in [6.45, 7) is 10.2. The van der Waals surface area contributed by atoms with Crippen molar-refractivity contribution in [3.63, 3.8) is 0 Å². The second-order valence-electron chi connectivity index (χ2n) is 13.3. The molecule has 0 unspecified atom stereocenters. The molecule has 0 amide bonds. The number of benzene rings is 2. The van der Waals surface area contributed by atoms with Crippen molar-refractivity contribution in [3.05, 3.63) is 87.4 Å². The molecule has 0 bridgehead atoms. The predicted molar refractivity (Wildman–Crippen MR) is 171 cm³/mol. The van der Waals surface area contributed by atoms with E-state index in [-0.39, 0.29) is 11.5 Å². The van der Waals surface area contributed by atoms with Crippen molar-refractivity contribution < 1.29 is 18.7 Å². The topological polar surface area (TPSA) is 121 Å². The van der Waals surface area contributed by atoms with Crippen LogP contribution in [0, 0.1) is 5.41 Å². The van der Waals surface area contributed by atoms with Gasteiger partial charge >= 0.3 is 5.76 Å². The summed E-state index contributed by atoms with van der Waals surface area (Å²) in [4.78, 5) is 26.4. The fourth-order valence-corrected chi connectivity index (χ4v) is 7.22. The first-order valence-corrected chi connectivity index (χ1v) is 16.0. The van der Waals surface area contributed by atoms with Gasteiger partial charge in [0.2, 0.25) is 0 Å². The summed E-state index contributed by atoms with van der Waals surface area (Å²) in [6.07, 6.45) is 3.58. The molecule has 3 aliphatic heterocycles. The molecule has 5 aromatic rings. The highest BCUT2D eigenvalue weighted by atomic mass is 35.5. The van der Waals surface area contributed by atoms with Gasteiger partial charge in [-0.3, -0.25) is 19.4 Å². The van der Waals surface area contributed by atoms with E-state index in [4.69, 9.17) is 35.3 Å². The van der Waals surface area contributed by atoms with Gasteiger partial charge in [-0.25, -0.2) is 9.78 Å². The number of para-hydroxylation sites is 1. The highest BCUT2D eigenvalue weighted by Gasteiger charge is 2.43. The van der Waals surface area contributed by atoms with Crippen molar-refractivity contribution >= 4 is 22.6 Å². The Hall–Kier alpha value is -4.19. The Morgan fingerprint density at radius 3 is 2.63 bits per heavy atom. The zero-order valence-corrected chi connectivity index (χ0v) is 26.7. The summed E-state index contributed by atoms with van der Waals surface area (Å²) in [5.41, 5.74) is 4.44. The second-order valence-corrected chi connectivity index (χ2v) is 13.7. The van der Waals surface area contributed by atoms with Gasteiger partial charge in [0.25, 0.3) is 5.79 Å². The van der Waals surface area contributed by atoms with E-state index in [9.17, 15) is 4.79 Å². The number of aromatic amines is 1. The molecule has 0 spiro atoms. The van der Waals surface area contributed by atoms with Crippen molar-refractivity contribution in [2.45, 2.75) is 57.9 Å². The van der Waals surface area contributed by atoms with E-state index in [1.165, 1.54) is 5.56 Å². The van der Waals surface area contributed by atoms with E-state index in [1.807, 2.05) is 43.3 Å². The molecule has 2 atom stereocenters. The molecular formula is C34H35ClN6O5. The molecule has 2 aromatic carbocycles. The Kier molecular flexibility index (Phi) is 6.97. The fourth-order valence-electron chi connectivity index (χ4n) is 7.10. The van der Waals surface area contributed by atoms with E-state index in [0.29, 0.717) is 35.7 Å². The van der Waals surface area contributed by atoms with Gasteiger partial charge in [-0.05, 0) is 68.2 Å². The third-order valence-corrected chi connectivity index (χ3v) is 9.86. The zero-order chi connectivity index (χ0) is 31.6. The molecule has 2 fully saturated rings. The van der Waals surface area contributed by atoms with Gasteiger partial charge < -0.3 is 18.8 Å². The normalized spacial score (nSPS) is 23.0. The summed E-state index contributed by atoms with van der Waals surface area (Å²) in [7, 11) is 0. The minimum atomic E-state index is -1.01. The van der Waals surface area contributed by atoms with Crippen LogP contribution < -0.4 is 15.2 Å². The van der Waals surface area contributed by atoms with Crippen LogP contribution in [0.4, 0.5) is 0 Å². The predicted octanol–water partition coefficient (Wildman–Crippen LogP) is 6.05. The molecule has 0 radical (unpaired) electrons. The molecule has 11 nitrogen and oxygen atoms in total. The average Bonchev–Trinajstić information content (AvgIpc) is 3.81. The highest BCUT2D eigenvalue weighted by Crippen LogP contribution is 2.49. The average molecular weight is 643 g/mol. The van der Waals surface area contributed by atoms with Crippen LogP contribution in [-0.2, 0) is 17.1 Å². The molecular weight excluding hydrogens is 608 g/mol. The lowest BCUT2D eigenvalue weighted by Gasteiger charge is -2.33. The summed E-state index contributed by atoms with van der Waals surface area (Å²) in [5, 5.41) is 4.47. The lowest BCUT2D eigenvalue weighted by Crippen LogP contribution is -2.35. The number of halogens is 1. The summed E-state index contributed by atoms with van der Waals surface area (Å²) >= 11 is 6.07. The number of hydrogen-bond donors (Lipinski definition) is 1. The maximum Gasteiger partial charge on any atom is 0.439 e. The van der Waals surface area contributed by atoms with Gasteiger partial charge in [-0.15, -0.1) is 0 Å². The Labute approximate surface area is 270 Å². The number of fused-ring (bicyclic) bond motifs is 2. The number of H-pyrrole nitrogens is 1. The Bertz CT molecular complexity index is 1980. The summed E-state index contributed by atoms with van der Waals surface area (Å²) < 4.78 is 25.9. The van der Waals surface area contributed by atoms with E-state index < -0.39 is 11.5 Å². The third kappa shape index (κ3) is 5.06. The zero-order valence-electron chi connectivity index (χ0n) is 26.0. The molecule has 0 aliphatic carbocycles. The number of hydrogen-bond acceptors (Lipinski definition) is 9. The number of piperidine rings is 1. The van der Waals surface area contributed by atoms with Crippen molar-refractivity contribution in [2.75, 3.05) is 26.3 Å². The molecule has 1 N–H and O–H groups in total. The van der Waals surface area contributed by atoms with E-state index in [0.717, 1.165) is 66.4 Å². The molecule has 2 saturated heterocycles. The molecule has 8 rings (SSSR count). The largest absolute Gasteiger partial charge is 0.443 e. The first-order valence-electron chi connectivity index (χ1n) is 15.7. The number of aromatic nitrogens is 5. The number of rotatable bonds is 6. The van der Waals surface area contributed by atoms with Crippen LogP contribution in [-0.4, -0.2) is 55.9 Å². The van der Waals surface area contributed by atoms with Crippen LogP contribution in [0.2, 0.25) is 5.02 Å². The van der Waals surface area contributed by atoms with Crippen LogP contribution in [0.3, 0.4) is 0 Å². The maximum absolute atomic E-state index is 11.6. The number of nitrogens with one attached hydrogen (secondary N) is 1. The van der Waals surface area contributed by atoms with E-state index in [1.54, 1.807) is 12.3 Å². The SMILES string of the molecule is CC1(C)COC[C@H]1n1c(CN2CCC(c3cccc4c3O[C@](C)(c3ccc(Cl)cn3)O4)CC2)nc2ccc(-c3noc(=O)[nH]3)cc21. The van der Waals surface area contributed by atoms with Crippen molar-refractivity contribution in [3.8, 4) is 22.9 Å². The van der Waals surface area contributed by atoms with Gasteiger partial charge in [0.15, 0.2) is 17.3 Å². The number of likely N-dealkylation sites (tertiary alicyclic amines) is 1. The smallest absolute Gasteiger partial charge is 0.439 e. The molecule has 6 heterocycles. The number of imidazole rings is 1. The summed E-state index contributed by atoms with van der Waals surface area (Å²) in [6, 6.07) is 15.8. The number of ether oxygens (including phenoxy) is 3. The first kappa shape index (κ1) is 29.2. The quantitative estimate of drug-likeness (QED) is 0.236. The minimum Gasteiger partial charge on any atom is -0.443 e. The molecule has 238 valence electrons. The standard InChI is InChI=1S/C34H35ClN6O5/c1-33(2)19-43-18-28(33)41-25-15-21(31-38-32(42)46-39-31)7-9-24(25)37-29(41)17-40-13-11-20(12-14-40)23-5-4-6-26-30(23)45-34(3,44-26)27-10-8-22(35)16-36-27/h4-10,15-16,20,28H,11-14,17-19H2,1-3H3,(H,38,39,42)/t28-,34-/m1/s1. The van der Waals surface area contributed by atoms with Gasteiger partial charge in [-0.1, -0.05) is 42.7 Å². The maximum atomic E-state index is 11.6. The van der Waals surface area contributed by atoms with Gasteiger partial charge in [0.05, 0.1) is 41.9 Å². The Morgan fingerprint density at radius 2 is 1.91 bits per heavy atom. The molecule has 3 aliphatic rings. The molecule has 46 heavy (non-hydrogen) atoms. The molecule has 3 aromatic heterocycles. The Morgan fingerprint density at radius 1 is 1.07 bits per heavy atom. The lowest BCUT2D eigenvalue weighted by molar-refractivity contribution is -0.0722. The van der Waals surface area contributed by atoms with Crippen molar-refractivity contribution in [1.82, 2.24) is 29.6 Å².